The Morgan fingerprint density at radius 2 is 1.83 bits per heavy atom. The molecule has 0 aliphatic heterocycles. The third kappa shape index (κ3) is 1.86. The molecule has 0 N–H and O–H groups in total. The van der Waals surface area contributed by atoms with Crippen LogP contribution in [0.1, 0.15) is 25.0 Å². The average Bonchev–Trinajstić information content (AvgIpc) is 3.07. The van der Waals surface area contributed by atoms with Crippen LogP contribution in [0.5, 0.6) is 0 Å². The van der Waals surface area contributed by atoms with Crippen molar-refractivity contribution in [1.29, 1.82) is 0 Å². The molecule has 1 atom stereocenters. The molecule has 1 aromatic rings. The molecular weight excluding hydrogens is 228 g/mol. The first kappa shape index (κ1) is 12.6. The van der Waals surface area contributed by atoms with E-state index in [9.17, 15) is 9.59 Å². The molecule has 0 aromatic heterocycles. The third-order valence-electron chi connectivity index (χ3n) is 3.22. The number of carbonyl (C=O) groups is 2. The van der Waals surface area contributed by atoms with Crippen LogP contribution in [0.3, 0.4) is 0 Å². The Morgan fingerprint density at radius 1 is 1.22 bits per heavy atom. The van der Waals surface area contributed by atoms with Crippen LogP contribution in [-0.2, 0) is 14.3 Å². The summed E-state index contributed by atoms with van der Waals surface area (Å²) in [4.78, 5) is 23.7. The van der Waals surface area contributed by atoms with Gasteiger partial charge < -0.3 is 4.74 Å². The molecule has 0 bridgehead atoms. The van der Waals surface area contributed by atoms with E-state index in [-0.39, 0.29) is 12.4 Å². The van der Waals surface area contributed by atoms with Gasteiger partial charge in [0.2, 0.25) is 0 Å². The zero-order chi connectivity index (χ0) is 13.3. The quantitative estimate of drug-likeness (QED) is 0.604. The molecule has 3 heteroatoms. The summed E-state index contributed by atoms with van der Waals surface area (Å²) < 4.78 is 4.99. The van der Waals surface area contributed by atoms with E-state index in [0.717, 1.165) is 16.7 Å². The molecule has 0 amide bonds. The van der Waals surface area contributed by atoms with Crippen LogP contribution >= 0.6 is 0 Å². The molecule has 0 spiro atoms. The molecule has 1 aliphatic carbocycles. The number of rotatable bonds is 4. The van der Waals surface area contributed by atoms with Crippen molar-refractivity contribution in [3.63, 3.8) is 0 Å². The summed E-state index contributed by atoms with van der Waals surface area (Å²) in [6, 6.07) is 7.77. The van der Waals surface area contributed by atoms with Gasteiger partial charge >= 0.3 is 5.97 Å². The van der Waals surface area contributed by atoms with Gasteiger partial charge in [-0.05, 0) is 38.0 Å². The second-order valence-corrected chi connectivity index (χ2v) is 4.51. The summed E-state index contributed by atoms with van der Waals surface area (Å²) in [7, 11) is 0. The number of ether oxygens (including phenoxy) is 1. The van der Waals surface area contributed by atoms with Crippen LogP contribution in [-0.4, -0.2) is 18.4 Å². The molecule has 0 saturated carbocycles. The first-order valence-corrected chi connectivity index (χ1v) is 6.01. The molecule has 1 aromatic carbocycles. The topological polar surface area (TPSA) is 43.4 Å². The number of hydrogen-bond donors (Lipinski definition) is 0. The van der Waals surface area contributed by atoms with Crippen molar-refractivity contribution < 1.29 is 14.3 Å². The molecule has 0 saturated heterocycles. The summed E-state index contributed by atoms with van der Waals surface area (Å²) in [6.07, 6.45) is 1.69. The summed E-state index contributed by atoms with van der Waals surface area (Å²) in [6.45, 7) is 5.44. The summed E-state index contributed by atoms with van der Waals surface area (Å²) >= 11 is 0. The minimum atomic E-state index is -1.13. The van der Waals surface area contributed by atoms with E-state index in [1.54, 1.807) is 13.0 Å². The normalized spacial score (nSPS) is 21.2. The van der Waals surface area contributed by atoms with Crippen molar-refractivity contribution in [2.75, 3.05) is 6.61 Å². The van der Waals surface area contributed by atoms with Gasteiger partial charge in [-0.2, -0.15) is 0 Å². The van der Waals surface area contributed by atoms with Crippen LogP contribution in [0.25, 0.3) is 5.57 Å². The predicted molar refractivity (Wildman–Crippen MR) is 68.9 cm³/mol. The fraction of sp³-hybridized carbons (Fsp3) is 0.333. The maximum atomic E-state index is 11.9. The van der Waals surface area contributed by atoms with E-state index >= 15 is 0 Å². The Labute approximate surface area is 106 Å². The fourth-order valence-corrected chi connectivity index (χ4v) is 2.07. The van der Waals surface area contributed by atoms with E-state index in [1.807, 2.05) is 31.2 Å². The number of benzene rings is 1. The smallest absolute Gasteiger partial charge is 0.328 e. The molecule has 1 unspecified atom stereocenters. The van der Waals surface area contributed by atoms with Gasteiger partial charge in [-0.25, -0.2) is 0 Å². The predicted octanol–water partition coefficient (Wildman–Crippen LogP) is 2.53. The molecule has 94 valence electrons. The first-order chi connectivity index (χ1) is 8.52. The Bertz CT molecular complexity index is 525. The lowest BCUT2D eigenvalue weighted by molar-refractivity contribution is -0.151. The maximum absolute atomic E-state index is 11.9. The van der Waals surface area contributed by atoms with Crippen LogP contribution in [0.2, 0.25) is 0 Å². The number of hydrogen-bond acceptors (Lipinski definition) is 3. The summed E-state index contributed by atoms with van der Waals surface area (Å²) in [5.41, 5.74) is 1.67. The first-order valence-electron chi connectivity index (χ1n) is 6.01. The monoisotopic (exact) mass is 244 g/mol. The molecule has 2 rings (SSSR count). The number of ketones is 1. The Morgan fingerprint density at radius 3 is 2.33 bits per heavy atom. The lowest BCUT2D eigenvalue weighted by Crippen LogP contribution is -2.29. The van der Waals surface area contributed by atoms with E-state index in [2.05, 4.69) is 0 Å². The van der Waals surface area contributed by atoms with Crippen molar-refractivity contribution in [3.8, 4) is 0 Å². The van der Waals surface area contributed by atoms with Crippen molar-refractivity contribution in [2.45, 2.75) is 20.8 Å². The Kier molecular flexibility index (Phi) is 3.07. The van der Waals surface area contributed by atoms with Gasteiger partial charge in [-0.1, -0.05) is 29.8 Å². The zero-order valence-corrected chi connectivity index (χ0v) is 10.8. The van der Waals surface area contributed by atoms with Gasteiger partial charge in [0.25, 0.3) is 0 Å². The number of aryl methyl sites for hydroxylation is 1. The van der Waals surface area contributed by atoms with Crippen molar-refractivity contribution in [2.24, 2.45) is 5.41 Å². The molecule has 0 radical (unpaired) electrons. The fourth-order valence-electron chi connectivity index (χ4n) is 2.07. The largest absolute Gasteiger partial charge is 0.465 e. The van der Waals surface area contributed by atoms with Crippen LogP contribution < -0.4 is 0 Å². The van der Waals surface area contributed by atoms with E-state index in [0.29, 0.717) is 0 Å². The highest BCUT2D eigenvalue weighted by Gasteiger charge is 2.56. The van der Waals surface area contributed by atoms with Crippen LogP contribution in [0, 0.1) is 12.3 Å². The molecular formula is C15H16O3. The lowest BCUT2D eigenvalue weighted by Gasteiger charge is -2.13. The van der Waals surface area contributed by atoms with Crippen LogP contribution in [0.15, 0.2) is 30.3 Å². The van der Waals surface area contributed by atoms with E-state index in [4.69, 9.17) is 4.74 Å². The molecule has 0 heterocycles. The van der Waals surface area contributed by atoms with Crippen molar-refractivity contribution >= 4 is 17.3 Å². The zero-order valence-electron chi connectivity index (χ0n) is 10.8. The summed E-state index contributed by atoms with van der Waals surface area (Å²) in [5.74, 6) is -0.649. The minimum absolute atomic E-state index is 0.184. The van der Waals surface area contributed by atoms with Gasteiger partial charge in [0.1, 0.15) is 0 Å². The molecule has 1 aliphatic rings. The molecule has 18 heavy (non-hydrogen) atoms. The number of carbonyl (C=O) groups excluding carboxylic acids is 2. The summed E-state index contributed by atoms with van der Waals surface area (Å²) in [5, 5.41) is 0. The lowest BCUT2D eigenvalue weighted by atomic mass is 9.92. The van der Waals surface area contributed by atoms with Gasteiger partial charge in [0, 0.05) is 0 Å². The maximum Gasteiger partial charge on any atom is 0.328 e. The van der Waals surface area contributed by atoms with Crippen molar-refractivity contribution in [3.05, 3.63) is 41.5 Å². The average molecular weight is 244 g/mol. The van der Waals surface area contributed by atoms with Crippen LogP contribution in [0.4, 0.5) is 0 Å². The van der Waals surface area contributed by atoms with E-state index in [1.165, 1.54) is 6.92 Å². The highest BCUT2D eigenvalue weighted by molar-refractivity contribution is 6.24. The third-order valence-corrected chi connectivity index (χ3v) is 3.22. The number of esters is 1. The minimum Gasteiger partial charge on any atom is -0.465 e. The van der Waals surface area contributed by atoms with Gasteiger partial charge in [0.05, 0.1) is 6.61 Å². The SMILES string of the molecule is CCOC(=O)C1(C(C)=O)C=C1c1ccc(C)cc1. The molecule has 0 fully saturated rings. The van der Waals surface area contributed by atoms with Gasteiger partial charge in [-0.3, -0.25) is 9.59 Å². The molecule has 3 nitrogen and oxygen atoms in total. The Balaban J connectivity index is 2.27. The standard InChI is InChI=1S/C15H16O3/c1-4-18-14(17)15(11(3)16)9-13(15)12-7-5-10(2)6-8-12/h5-9H,4H2,1-3H3. The van der Waals surface area contributed by atoms with Gasteiger partial charge in [0.15, 0.2) is 11.2 Å². The second-order valence-electron chi connectivity index (χ2n) is 4.51. The van der Waals surface area contributed by atoms with Crippen molar-refractivity contribution in [1.82, 2.24) is 0 Å². The highest BCUT2D eigenvalue weighted by Crippen LogP contribution is 2.52. The second kappa shape index (κ2) is 4.41. The Hall–Kier alpha value is -1.90. The van der Waals surface area contributed by atoms with E-state index < -0.39 is 11.4 Å². The highest BCUT2D eigenvalue weighted by atomic mass is 16.5. The number of Topliss-reactive ketones (excluding diaryl/α,β-unsaturated/α-hetero) is 1. The van der Waals surface area contributed by atoms with Gasteiger partial charge in [-0.15, -0.1) is 0 Å².